The van der Waals surface area contributed by atoms with Crippen molar-refractivity contribution in [2.24, 2.45) is 7.05 Å². The Morgan fingerprint density at radius 1 is 1.67 bits per heavy atom. The SMILES string of the molecule is C=C(Cl)CNCc1c(C)nn(C)c1OC. The van der Waals surface area contributed by atoms with Crippen LogP contribution in [0.2, 0.25) is 0 Å². The first kappa shape index (κ1) is 12.1. The van der Waals surface area contributed by atoms with Gasteiger partial charge in [0.25, 0.3) is 0 Å². The zero-order valence-corrected chi connectivity index (χ0v) is 10.1. The average molecular weight is 230 g/mol. The first-order chi connectivity index (χ1) is 7.06. The van der Waals surface area contributed by atoms with Crippen molar-refractivity contribution in [3.63, 3.8) is 0 Å². The molecule has 15 heavy (non-hydrogen) atoms. The van der Waals surface area contributed by atoms with Crippen LogP contribution in [0.1, 0.15) is 11.3 Å². The molecule has 0 amide bonds. The molecule has 1 aromatic rings. The monoisotopic (exact) mass is 229 g/mol. The van der Waals surface area contributed by atoms with Gasteiger partial charge in [0.2, 0.25) is 5.88 Å². The van der Waals surface area contributed by atoms with Gasteiger partial charge >= 0.3 is 0 Å². The molecular weight excluding hydrogens is 214 g/mol. The summed E-state index contributed by atoms with van der Waals surface area (Å²) in [4.78, 5) is 0. The molecule has 1 N–H and O–H groups in total. The van der Waals surface area contributed by atoms with E-state index in [1.54, 1.807) is 11.8 Å². The Kier molecular flexibility index (Phi) is 4.17. The lowest BCUT2D eigenvalue weighted by Crippen LogP contribution is -2.15. The molecule has 0 fully saturated rings. The second-order valence-corrected chi connectivity index (χ2v) is 3.85. The molecule has 0 unspecified atom stereocenters. The fourth-order valence-corrected chi connectivity index (χ4v) is 1.56. The summed E-state index contributed by atoms with van der Waals surface area (Å²) in [6, 6.07) is 0. The Bertz CT molecular complexity index is 360. The lowest BCUT2D eigenvalue weighted by Gasteiger charge is -2.05. The number of ether oxygens (including phenoxy) is 1. The zero-order chi connectivity index (χ0) is 11.4. The van der Waals surface area contributed by atoms with E-state index in [0.29, 0.717) is 18.1 Å². The number of hydrogen-bond donors (Lipinski definition) is 1. The van der Waals surface area contributed by atoms with Crippen molar-refractivity contribution >= 4 is 11.6 Å². The molecule has 0 aliphatic rings. The molecule has 0 spiro atoms. The third-order valence-corrected chi connectivity index (χ3v) is 2.23. The van der Waals surface area contributed by atoms with Crippen LogP contribution in [0, 0.1) is 6.92 Å². The molecule has 0 saturated heterocycles. The largest absolute Gasteiger partial charge is 0.481 e. The van der Waals surface area contributed by atoms with Crippen molar-refractivity contribution < 1.29 is 4.74 Å². The third kappa shape index (κ3) is 2.97. The molecule has 0 bridgehead atoms. The first-order valence-electron chi connectivity index (χ1n) is 4.66. The van der Waals surface area contributed by atoms with Crippen molar-refractivity contribution in [1.82, 2.24) is 15.1 Å². The van der Waals surface area contributed by atoms with Crippen molar-refractivity contribution in [2.45, 2.75) is 13.5 Å². The van der Waals surface area contributed by atoms with Gasteiger partial charge in [-0.25, -0.2) is 4.68 Å². The normalized spacial score (nSPS) is 10.4. The summed E-state index contributed by atoms with van der Waals surface area (Å²) >= 11 is 5.65. The summed E-state index contributed by atoms with van der Waals surface area (Å²) in [6.07, 6.45) is 0. The molecule has 5 heteroatoms. The number of aryl methyl sites for hydroxylation is 2. The molecule has 0 radical (unpaired) electrons. The van der Waals surface area contributed by atoms with Gasteiger partial charge in [-0.3, -0.25) is 0 Å². The second-order valence-electron chi connectivity index (χ2n) is 3.32. The number of nitrogens with zero attached hydrogens (tertiary/aromatic N) is 2. The van der Waals surface area contributed by atoms with Gasteiger partial charge < -0.3 is 10.1 Å². The summed E-state index contributed by atoms with van der Waals surface area (Å²) < 4.78 is 6.98. The highest BCUT2D eigenvalue weighted by Crippen LogP contribution is 2.20. The molecule has 1 aromatic heterocycles. The van der Waals surface area contributed by atoms with E-state index >= 15 is 0 Å². The highest BCUT2D eigenvalue weighted by atomic mass is 35.5. The van der Waals surface area contributed by atoms with Gasteiger partial charge in [-0.2, -0.15) is 5.10 Å². The Labute approximate surface area is 94.9 Å². The van der Waals surface area contributed by atoms with E-state index in [9.17, 15) is 0 Å². The highest BCUT2D eigenvalue weighted by molar-refractivity contribution is 6.29. The molecule has 0 atom stereocenters. The predicted molar refractivity (Wildman–Crippen MR) is 61.2 cm³/mol. The summed E-state index contributed by atoms with van der Waals surface area (Å²) in [7, 11) is 3.50. The van der Waals surface area contributed by atoms with E-state index in [0.717, 1.165) is 17.1 Å². The minimum absolute atomic E-state index is 0.582. The first-order valence-corrected chi connectivity index (χ1v) is 5.04. The number of aromatic nitrogens is 2. The van der Waals surface area contributed by atoms with Gasteiger partial charge in [0.15, 0.2) is 0 Å². The van der Waals surface area contributed by atoms with Crippen LogP contribution >= 0.6 is 11.6 Å². The van der Waals surface area contributed by atoms with Crippen LogP contribution in [0.15, 0.2) is 11.6 Å². The van der Waals surface area contributed by atoms with Crippen molar-refractivity contribution in [2.75, 3.05) is 13.7 Å². The smallest absolute Gasteiger partial charge is 0.216 e. The van der Waals surface area contributed by atoms with Gasteiger partial charge in [0.1, 0.15) is 0 Å². The summed E-state index contributed by atoms with van der Waals surface area (Å²) in [5, 5.41) is 8.03. The Morgan fingerprint density at radius 3 is 2.87 bits per heavy atom. The fourth-order valence-electron chi connectivity index (χ4n) is 1.46. The van der Waals surface area contributed by atoms with Crippen molar-refractivity contribution in [3.05, 3.63) is 22.9 Å². The lowest BCUT2D eigenvalue weighted by molar-refractivity contribution is 0.368. The fraction of sp³-hybridized carbons (Fsp3) is 0.500. The molecule has 4 nitrogen and oxygen atoms in total. The van der Waals surface area contributed by atoms with Gasteiger partial charge in [-0.1, -0.05) is 18.2 Å². The quantitative estimate of drug-likeness (QED) is 0.833. The zero-order valence-electron chi connectivity index (χ0n) is 9.30. The Balaban J connectivity index is 2.71. The maximum absolute atomic E-state index is 5.65. The summed E-state index contributed by atoms with van der Waals surface area (Å²) in [5.41, 5.74) is 2.01. The Morgan fingerprint density at radius 2 is 2.33 bits per heavy atom. The number of halogens is 1. The number of nitrogens with one attached hydrogen (secondary N) is 1. The van der Waals surface area contributed by atoms with Crippen LogP contribution in [0.4, 0.5) is 0 Å². The third-order valence-electron chi connectivity index (χ3n) is 2.10. The van der Waals surface area contributed by atoms with Crippen LogP contribution in [0.25, 0.3) is 0 Å². The van der Waals surface area contributed by atoms with Crippen LogP contribution in [0.3, 0.4) is 0 Å². The molecule has 0 saturated carbocycles. The van der Waals surface area contributed by atoms with E-state index in [1.165, 1.54) is 0 Å². The van der Waals surface area contributed by atoms with Crippen LogP contribution in [-0.2, 0) is 13.6 Å². The maximum Gasteiger partial charge on any atom is 0.216 e. The topological polar surface area (TPSA) is 39.1 Å². The molecule has 0 aliphatic heterocycles. The molecule has 1 heterocycles. The highest BCUT2D eigenvalue weighted by Gasteiger charge is 2.12. The van der Waals surface area contributed by atoms with Gasteiger partial charge in [0.05, 0.1) is 18.4 Å². The van der Waals surface area contributed by atoms with Gasteiger partial charge in [-0.15, -0.1) is 0 Å². The maximum atomic E-state index is 5.65. The summed E-state index contributed by atoms with van der Waals surface area (Å²) in [6.45, 7) is 6.82. The van der Waals surface area contributed by atoms with Gasteiger partial charge in [-0.05, 0) is 6.92 Å². The van der Waals surface area contributed by atoms with Crippen molar-refractivity contribution in [3.8, 4) is 5.88 Å². The number of methoxy groups -OCH3 is 1. The van der Waals surface area contributed by atoms with Crippen LogP contribution in [0.5, 0.6) is 5.88 Å². The number of rotatable bonds is 5. The van der Waals surface area contributed by atoms with E-state index in [1.807, 2.05) is 14.0 Å². The summed E-state index contributed by atoms with van der Waals surface area (Å²) in [5.74, 6) is 0.778. The standard InChI is InChI=1S/C10H16ClN3O/c1-7(11)5-12-6-9-8(2)13-14(3)10(9)15-4/h12H,1,5-6H2,2-4H3. The average Bonchev–Trinajstić information content (AvgIpc) is 2.41. The Hall–Kier alpha value is -1.00. The lowest BCUT2D eigenvalue weighted by atomic mass is 10.2. The molecule has 0 aliphatic carbocycles. The van der Waals surface area contributed by atoms with Gasteiger partial charge in [0, 0.05) is 25.2 Å². The molecule has 84 valence electrons. The van der Waals surface area contributed by atoms with E-state index in [-0.39, 0.29) is 0 Å². The minimum Gasteiger partial charge on any atom is -0.481 e. The molecule has 0 aromatic carbocycles. The minimum atomic E-state index is 0.582. The predicted octanol–water partition coefficient (Wildman–Crippen LogP) is 1.58. The van der Waals surface area contributed by atoms with E-state index in [4.69, 9.17) is 16.3 Å². The van der Waals surface area contributed by atoms with Crippen LogP contribution in [-0.4, -0.2) is 23.4 Å². The number of hydrogen-bond acceptors (Lipinski definition) is 3. The second kappa shape index (κ2) is 5.19. The van der Waals surface area contributed by atoms with E-state index in [2.05, 4.69) is 17.0 Å². The van der Waals surface area contributed by atoms with E-state index < -0.39 is 0 Å². The van der Waals surface area contributed by atoms with Crippen LogP contribution < -0.4 is 10.1 Å². The van der Waals surface area contributed by atoms with Crippen molar-refractivity contribution in [1.29, 1.82) is 0 Å². The molecular formula is C10H16ClN3O. The molecule has 1 rings (SSSR count).